The molecule has 2 heterocycles. The number of aromatic nitrogens is 3. The lowest BCUT2D eigenvalue weighted by Gasteiger charge is -2.03. The molecule has 0 saturated heterocycles. The van der Waals surface area contributed by atoms with E-state index in [1.807, 2.05) is 6.07 Å². The first kappa shape index (κ1) is 14.6. The van der Waals surface area contributed by atoms with Crippen LogP contribution in [0.2, 0.25) is 5.02 Å². The average Bonchev–Trinajstić information content (AvgIpc) is 3.13. The van der Waals surface area contributed by atoms with Gasteiger partial charge in [-0.05, 0) is 48.6 Å². The summed E-state index contributed by atoms with van der Waals surface area (Å²) in [7, 11) is 0. The van der Waals surface area contributed by atoms with Crippen molar-refractivity contribution in [3.63, 3.8) is 0 Å². The maximum atomic E-state index is 5.82. The minimum atomic E-state index is 0.320. The second-order valence-corrected chi connectivity index (χ2v) is 5.12. The Bertz CT molecular complexity index is 835. The van der Waals surface area contributed by atoms with Crippen molar-refractivity contribution in [2.45, 2.75) is 6.61 Å². The Balaban J connectivity index is 1.61. The molecule has 22 heavy (non-hydrogen) atoms. The summed E-state index contributed by atoms with van der Waals surface area (Å²) >= 11 is 10.8. The lowest BCUT2D eigenvalue weighted by molar-refractivity contribution is 0.270. The van der Waals surface area contributed by atoms with Crippen LogP contribution in [0.15, 0.2) is 52.2 Å². The third-order valence-electron chi connectivity index (χ3n) is 2.72. The van der Waals surface area contributed by atoms with Gasteiger partial charge in [0, 0.05) is 5.02 Å². The van der Waals surface area contributed by atoms with E-state index in [1.54, 1.807) is 36.5 Å². The van der Waals surface area contributed by atoms with Crippen LogP contribution >= 0.6 is 23.8 Å². The standard InChI is InChI=1S/C14H11ClN4O2S/c15-10-1-3-11(4-2-10)20-8-13-6-5-12(21-13)7-17-19-9-16-18-14(19)22/h1-7,9H,8H2,(H,18,22)/b17-7-. The van der Waals surface area contributed by atoms with Crippen LogP contribution < -0.4 is 4.74 Å². The quantitative estimate of drug-likeness (QED) is 0.571. The summed E-state index contributed by atoms with van der Waals surface area (Å²) in [4.78, 5) is 0. The molecule has 0 unspecified atom stereocenters. The van der Waals surface area contributed by atoms with E-state index >= 15 is 0 Å². The molecule has 1 N–H and O–H groups in total. The lowest BCUT2D eigenvalue weighted by Crippen LogP contribution is -1.93. The van der Waals surface area contributed by atoms with E-state index in [1.165, 1.54) is 11.0 Å². The highest BCUT2D eigenvalue weighted by molar-refractivity contribution is 7.71. The van der Waals surface area contributed by atoms with Crippen molar-refractivity contribution in [3.8, 4) is 5.75 Å². The SMILES string of the molecule is S=c1[nH]ncn1/N=C\c1ccc(COc2ccc(Cl)cc2)o1. The molecular formula is C14H11ClN4O2S. The van der Waals surface area contributed by atoms with Crippen LogP contribution in [0, 0.1) is 4.77 Å². The Kier molecular flexibility index (Phi) is 4.36. The van der Waals surface area contributed by atoms with Gasteiger partial charge in [0.2, 0.25) is 4.77 Å². The number of ether oxygens (including phenoxy) is 1. The van der Waals surface area contributed by atoms with Crippen LogP contribution in [0.25, 0.3) is 0 Å². The zero-order valence-corrected chi connectivity index (χ0v) is 12.8. The summed E-state index contributed by atoms with van der Waals surface area (Å²) in [6.45, 7) is 0.320. The van der Waals surface area contributed by atoms with Gasteiger partial charge in [-0.15, -0.1) is 0 Å². The Morgan fingerprint density at radius 1 is 1.32 bits per heavy atom. The van der Waals surface area contributed by atoms with E-state index in [0.29, 0.717) is 27.9 Å². The monoisotopic (exact) mass is 334 g/mol. The summed E-state index contributed by atoms with van der Waals surface area (Å²) in [5.41, 5.74) is 0. The fourth-order valence-electron chi connectivity index (χ4n) is 1.67. The summed E-state index contributed by atoms with van der Waals surface area (Å²) in [6.07, 6.45) is 3.03. The summed E-state index contributed by atoms with van der Waals surface area (Å²) in [5.74, 6) is 2.01. The number of aromatic amines is 1. The molecule has 0 fully saturated rings. The Hall–Kier alpha value is -2.38. The van der Waals surface area contributed by atoms with Gasteiger partial charge in [0.25, 0.3) is 0 Å². The summed E-state index contributed by atoms with van der Waals surface area (Å²) in [6, 6.07) is 10.8. The molecule has 1 aromatic carbocycles. The van der Waals surface area contributed by atoms with Crippen molar-refractivity contribution in [2.24, 2.45) is 5.10 Å². The normalized spacial score (nSPS) is 11.1. The van der Waals surface area contributed by atoms with Crippen LogP contribution in [0.3, 0.4) is 0 Å². The van der Waals surface area contributed by atoms with Gasteiger partial charge >= 0.3 is 0 Å². The van der Waals surface area contributed by atoms with Gasteiger partial charge in [0.05, 0.1) is 6.21 Å². The number of rotatable bonds is 5. The van der Waals surface area contributed by atoms with Gasteiger partial charge in [-0.1, -0.05) is 11.6 Å². The molecule has 3 aromatic rings. The van der Waals surface area contributed by atoms with Crippen molar-refractivity contribution in [1.29, 1.82) is 0 Å². The third-order valence-corrected chi connectivity index (χ3v) is 3.25. The van der Waals surface area contributed by atoms with E-state index in [-0.39, 0.29) is 0 Å². The number of halogens is 1. The third kappa shape index (κ3) is 3.63. The Morgan fingerprint density at radius 3 is 2.86 bits per heavy atom. The Labute approximate surface area is 136 Å². The maximum absolute atomic E-state index is 5.82. The topological polar surface area (TPSA) is 68.3 Å². The van der Waals surface area contributed by atoms with Crippen LogP contribution in [-0.2, 0) is 6.61 Å². The summed E-state index contributed by atoms with van der Waals surface area (Å²) in [5, 5.41) is 11.2. The minimum Gasteiger partial charge on any atom is -0.486 e. The van der Waals surface area contributed by atoms with Gasteiger partial charge in [0.1, 0.15) is 30.2 Å². The van der Waals surface area contributed by atoms with E-state index < -0.39 is 0 Å². The molecule has 8 heteroatoms. The van der Waals surface area contributed by atoms with Gasteiger partial charge < -0.3 is 9.15 Å². The van der Waals surface area contributed by atoms with Crippen LogP contribution in [0.5, 0.6) is 5.75 Å². The van der Waals surface area contributed by atoms with E-state index in [2.05, 4.69) is 15.3 Å². The van der Waals surface area contributed by atoms with Gasteiger partial charge in [-0.3, -0.25) is 5.10 Å². The van der Waals surface area contributed by atoms with Gasteiger partial charge in [-0.25, -0.2) is 0 Å². The van der Waals surface area contributed by atoms with Gasteiger partial charge in [0.15, 0.2) is 0 Å². The number of benzene rings is 1. The molecule has 0 aliphatic rings. The molecule has 0 amide bonds. The van der Waals surface area contributed by atoms with Crippen molar-refractivity contribution < 1.29 is 9.15 Å². The number of hydrogen-bond donors (Lipinski definition) is 1. The number of hydrogen-bond acceptors (Lipinski definition) is 5. The van der Waals surface area contributed by atoms with Gasteiger partial charge in [-0.2, -0.15) is 14.9 Å². The Morgan fingerprint density at radius 2 is 2.14 bits per heavy atom. The van der Waals surface area contributed by atoms with Crippen LogP contribution in [-0.4, -0.2) is 21.1 Å². The van der Waals surface area contributed by atoms with E-state index in [9.17, 15) is 0 Å². The van der Waals surface area contributed by atoms with Crippen molar-refractivity contribution in [2.75, 3.05) is 0 Å². The highest BCUT2D eigenvalue weighted by Crippen LogP contribution is 2.17. The second kappa shape index (κ2) is 6.59. The highest BCUT2D eigenvalue weighted by atomic mass is 35.5. The van der Waals surface area contributed by atoms with Crippen molar-refractivity contribution >= 4 is 30.0 Å². The highest BCUT2D eigenvalue weighted by Gasteiger charge is 2.02. The molecule has 0 atom stereocenters. The molecule has 0 saturated carbocycles. The van der Waals surface area contributed by atoms with Crippen molar-refractivity contribution in [1.82, 2.24) is 14.9 Å². The molecule has 0 aliphatic carbocycles. The number of nitrogens with one attached hydrogen (secondary N) is 1. The molecular weight excluding hydrogens is 324 g/mol. The smallest absolute Gasteiger partial charge is 0.216 e. The van der Waals surface area contributed by atoms with E-state index in [0.717, 1.165) is 5.75 Å². The van der Waals surface area contributed by atoms with Crippen molar-refractivity contribution in [3.05, 3.63) is 64.0 Å². The van der Waals surface area contributed by atoms with E-state index in [4.69, 9.17) is 33.0 Å². The lowest BCUT2D eigenvalue weighted by atomic mass is 10.3. The predicted octanol–water partition coefficient (Wildman–Crippen LogP) is 3.65. The zero-order chi connectivity index (χ0) is 15.4. The number of furan rings is 1. The first-order valence-electron chi connectivity index (χ1n) is 6.34. The molecule has 2 aromatic heterocycles. The first-order valence-corrected chi connectivity index (χ1v) is 7.13. The van der Waals surface area contributed by atoms with Crippen LogP contribution in [0.4, 0.5) is 0 Å². The summed E-state index contributed by atoms with van der Waals surface area (Å²) < 4.78 is 13.0. The fourth-order valence-corrected chi connectivity index (χ4v) is 1.94. The molecule has 6 nitrogen and oxygen atoms in total. The molecule has 0 radical (unpaired) electrons. The number of nitrogens with zero attached hydrogens (tertiary/aromatic N) is 3. The molecule has 0 aliphatic heterocycles. The first-order chi connectivity index (χ1) is 10.7. The molecule has 0 bridgehead atoms. The maximum Gasteiger partial charge on any atom is 0.216 e. The largest absolute Gasteiger partial charge is 0.486 e. The average molecular weight is 335 g/mol. The minimum absolute atomic E-state index is 0.320. The number of H-pyrrole nitrogens is 1. The zero-order valence-electron chi connectivity index (χ0n) is 11.3. The second-order valence-electron chi connectivity index (χ2n) is 4.30. The molecule has 3 rings (SSSR count). The fraction of sp³-hybridized carbons (Fsp3) is 0.0714. The van der Waals surface area contributed by atoms with Crippen LogP contribution in [0.1, 0.15) is 11.5 Å². The molecule has 0 spiro atoms. The molecule has 112 valence electrons. The predicted molar refractivity (Wildman–Crippen MR) is 84.9 cm³/mol.